The van der Waals surface area contributed by atoms with Crippen LogP contribution in [0, 0.1) is 0 Å². The lowest BCUT2D eigenvalue weighted by atomic mass is 9.95. The van der Waals surface area contributed by atoms with Crippen molar-refractivity contribution in [3.63, 3.8) is 0 Å². The van der Waals surface area contributed by atoms with Crippen LogP contribution < -0.4 is 0 Å². The van der Waals surface area contributed by atoms with Gasteiger partial charge in [0, 0.05) is 13.5 Å². The number of carboxylic acids is 1. The molecule has 0 aliphatic carbocycles. The number of halogens is 3. The van der Waals surface area contributed by atoms with Gasteiger partial charge in [0.15, 0.2) is 0 Å². The molecule has 0 aliphatic heterocycles. The van der Waals surface area contributed by atoms with Gasteiger partial charge in [-0.2, -0.15) is 13.2 Å². The lowest BCUT2D eigenvalue weighted by Crippen LogP contribution is -2.40. The van der Waals surface area contributed by atoms with Crippen LogP contribution in [0.15, 0.2) is 24.3 Å². The molecule has 0 fully saturated rings. The van der Waals surface area contributed by atoms with Gasteiger partial charge in [0.1, 0.15) is 6.04 Å². The molecule has 1 aromatic carbocycles. The van der Waals surface area contributed by atoms with E-state index in [1.165, 1.54) is 26.1 Å². The van der Waals surface area contributed by atoms with Crippen LogP contribution in [0.4, 0.5) is 13.2 Å². The van der Waals surface area contributed by atoms with Crippen LogP contribution in [0.3, 0.4) is 0 Å². The van der Waals surface area contributed by atoms with E-state index in [0.717, 1.165) is 17.0 Å². The van der Waals surface area contributed by atoms with Crippen molar-refractivity contribution in [2.45, 2.75) is 38.4 Å². The van der Waals surface area contributed by atoms with Crippen molar-refractivity contribution in [3.05, 3.63) is 35.4 Å². The maximum absolute atomic E-state index is 12.7. The van der Waals surface area contributed by atoms with E-state index in [0.29, 0.717) is 5.56 Å². The predicted molar refractivity (Wildman–Crippen MR) is 74.3 cm³/mol. The van der Waals surface area contributed by atoms with Gasteiger partial charge in [-0.15, -0.1) is 0 Å². The maximum Gasteiger partial charge on any atom is 0.416 e. The number of hydrogen-bond acceptors (Lipinski definition) is 2. The standard InChI is InChI=1S/C15H18F3NO3/c1-9(7-13(20)19(3)10(2)14(21)22)11-5-4-6-12(8-11)15(16,17)18/h4-6,8-10H,7H2,1-3H3,(H,21,22). The van der Waals surface area contributed by atoms with Crippen LogP contribution in [-0.2, 0) is 15.8 Å². The van der Waals surface area contributed by atoms with Crippen molar-refractivity contribution in [1.82, 2.24) is 4.90 Å². The number of alkyl halides is 3. The summed E-state index contributed by atoms with van der Waals surface area (Å²) in [6.45, 7) is 3.00. The fourth-order valence-electron chi connectivity index (χ4n) is 1.93. The van der Waals surface area contributed by atoms with E-state index in [1.54, 1.807) is 6.92 Å². The molecule has 1 amide bonds. The molecule has 0 aromatic heterocycles. The number of likely N-dealkylation sites (N-methyl/N-ethyl adjacent to an activating group) is 1. The fraction of sp³-hybridized carbons (Fsp3) is 0.467. The Morgan fingerprint density at radius 3 is 2.36 bits per heavy atom. The Balaban J connectivity index is 2.83. The topological polar surface area (TPSA) is 57.6 Å². The van der Waals surface area contributed by atoms with Crippen molar-refractivity contribution in [2.24, 2.45) is 0 Å². The molecule has 0 spiro atoms. The molecule has 1 aromatic rings. The molecule has 2 unspecified atom stereocenters. The first-order valence-corrected chi connectivity index (χ1v) is 6.69. The van der Waals surface area contributed by atoms with Crippen LogP contribution >= 0.6 is 0 Å². The third kappa shape index (κ3) is 4.47. The fourth-order valence-corrected chi connectivity index (χ4v) is 1.93. The number of nitrogens with zero attached hydrogens (tertiary/aromatic N) is 1. The second kappa shape index (κ2) is 6.81. The number of carboxylic acid groups (broad SMARTS) is 1. The molecular weight excluding hydrogens is 299 g/mol. The first-order chi connectivity index (χ1) is 10.0. The van der Waals surface area contributed by atoms with Gasteiger partial charge in [-0.25, -0.2) is 4.79 Å². The van der Waals surface area contributed by atoms with Crippen molar-refractivity contribution in [3.8, 4) is 0 Å². The van der Waals surface area contributed by atoms with Gasteiger partial charge in [0.2, 0.25) is 5.91 Å². The third-order valence-corrected chi connectivity index (χ3v) is 3.60. The molecule has 0 radical (unpaired) electrons. The molecule has 122 valence electrons. The summed E-state index contributed by atoms with van der Waals surface area (Å²) < 4.78 is 38.0. The Morgan fingerprint density at radius 1 is 1.27 bits per heavy atom. The second-order valence-electron chi connectivity index (χ2n) is 5.25. The molecule has 22 heavy (non-hydrogen) atoms. The van der Waals surface area contributed by atoms with Gasteiger partial charge in [-0.05, 0) is 24.5 Å². The normalized spacial score (nSPS) is 14.3. The number of amides is 1. The van der Waals surface area contributed by atoms with Crippen LogP contribution in [0.5, 0.6) is 0 Å². The van der Waals surface area contributed by atoms with E-state index >= 15 is 0 Å². The zero-order valence-electron chi connectivity index (χ0n) is 12.5. The second-order valence-corrected chi connectivity index (χ2v) is 5.25. The smallest absolute Gasteiger partial charge is 0.416 e. The van der Waals surface area contributed by atoms with E-state index < -0.39 is 35.6 Å². The summed E-state index contributed by atoms with van der Waals surface area (Å²) in [7, 11) is 1.36. The Hall–Kier alpha value is -2.05. The first kappa shape index (κ1) is 18.0. The van der Waals surface area contributed by atoms with E-state index in [1.807, 2.05) is 0 Å². The largest absolute Gasteiger partial charge is 0.480 e. The lowest BCUT2D eigenvalue weighted by Gasteiger charge is -2.23. The molecular formula is C15H18F3NO3. The maximum atomic E-state index is 12.7. The van der Waals surface area contributed by atoms with Crippen LogP contribution in [0.2, 0.25) is 0 Å². The Morgan fingerprint density at radius 2 is 1.86 bits per heavy atom. The van der Waals surface area contributed by atoms with E-state index in [-0.39, 0.29) is 6.42 Å². The van der Waals surface area contributed by atoms with Gasteiger partial charge >= 0.3 is 12.1 Å². The molecule has 1 N–H and O–H groups in total. The number of hydrogen-bond donors (Lipinski definition) is 1. The molecule has 1 rings (SSSR count). The number of carbonyl (C=O) groups excluding carboxylic acids is 1. The Bertz CT molecular complexity index is 557. The minimum absolute atomic E-state index is 0.0601. The first-order valence-electron chi connectivity index (χ1n) is 6.69. The highest BCUT2D eigenvalue weighted by molar-refractivity contribution is 5.83. The molecule has 4 nitrogen and oxygen atoms in total. The zero-order chi connectivity index (χ0) is 17.1. The summed E-state index contributed by atoms with van der Waals surface area (Å²) in [4.78, 5) is 23.9. The number of rotatable bonds is 5. The summed E-state index contributed by atoms with van der Waals surface area (Å²) in [6, 6.07) is 3.81. The highest BCUT2D eigenvalue weighted by Crippen LogP contribution is 2.31. The third-order valence-electron chi connectivity index (χ3n) is 3.60. The quantitative estimate of drug-likeness (QED) is 0.907. The van der Waals surface area contributed by atoms with Gasteiger partial charge in [0.05, 0.1) is 5.56 Å². The van der Waals surface area contributed by atoms with Crippen molar-refractivity contribution < 1.29 is 27.9 Å². The Labute approximate surface area is 126 Å². The number of carbonyl (C=O) groups is 2. The molecule has 0 heterocycles. The number of benzene rings is 1. The highest BCUT2D eigenvalue weighted by atomic mass is 19.4. The van der Waals surface area contributed by atoms with E-state index in [4.69, 9.17) is 5.11 Å². The molecule has 7 heteroatoms. The minimum atomic E-state index is -4.44. The average molecular weight is 317 g/mol. The molecule has 0 saturated carbocycles. The van der Waals surface area contributed by atoms with Gasteiger partial charge in [-0.1, -0.05) is 25.1 Å². The Kier molecular flexibility index (Phi) is 5.57. The molecule has 0 bridgehead atoms. The van der Waals surface area contributed by atoms with Crippen molar-refractivity contribution in [1.29, 1.82) is 0 Å². The highest BCUT2D eigenvalue weighted by Gasteiger charge is 2.31. The van der Waals surface area contributed by atoms with Crippen LogP contribution in [-0.4, -0.2) is 35.0 Å². The van der Waals surface area contributed by atoms with E-state index in [9.17, 15) is 22.8 Å². The summed E-state index contributed by atoms with van der Waals surface area (Å²) >= 11 is 0. The molecule has 0 aliphatic rings. The minimum Gasteiger partial charge on any atom is -0.480 e. The van der Waals surface area contributed by atoms with Gasteiger partial charge in [0.25, 0.3) is 0 Å². The predicted octanol–water partition coefficient (Wildman–Crippen LogP) is 3.13. The van der Waals surface area contributed by atoms with Crippen LogP contribution in [0.1, 0.15) is 37.3 Å². The molecule has 2 atom stereocenters. The average Bonchev–Trinajstić information content (AvgIpc) is 2.44. The van der Waals surface area contributed by atoms with Gasteiger partial charge < -0.3 is 10.0 Å². The summed E-state index contributed by atoms with van der Waals surface area (Å²) in [5.74, 6) is -2.01. The van der Waals surface area contributed by atoms with Gasteiger partial charge in [-0.3, -0.25) is 4.79 Å². The number of aliphatic carboxylic acids is 1. The summed E-state index contributed by atoms with van der Waals surface area (Å²) in [5.41, 5.74) is -0.379. The summed E-state index contributed by atoms with van der Waals surface area (Å²) in [5, 5.41) is 8.86. The van der Waals surface area contributed by atoms with Crippen molar-refractivity contribution in [2.75, 3.05) is 7.05 Å². The van der Waals surface area contributed by atoms with Crippen LogP contribution in [0.25, 0.3) is 0 Å². The lowest BCUT2D eigenvalue weighted by molar-refractivity contribution is -0.148. The molecule has 0 saturated heterocycles. The van der Waals surface area contributed by atoms with E-state index in [2.05, 4.69) is 0 Å². The summed E-state index contributed by atoms with van der Waals surface area (Å²) in [6.07, 6.45) is -4.50. The monoisotopic (exact) mass is 317 g/mol. The SMILES string of the molecule is CC(CC(=O)N(C)C(C)C(=O)O)c1cccc(C(F)(F)F)c1. The zero-order valence-corrected chi connectivity index (χ0v) is 12.5. The van der Waals surface area contributed by atoms with Crippen molar-refractivity contribution >= 4 is 11.9 Å².